The maximum absolute atomic E-state index is 11.1. The van der Waals surface area contributed by atoms with Crippen molar-refractivity contribution in [1.29, 1.82) is 0 Å². The number of nitro groups is 1. The maximum Gasteiger partial charge on any atom is 0.294 e. The molecule has 0 fully saturated rings. The number of carbonyl (C=O) groups excluding carboxylic acids is 1. The molecule has 0 aliphatic carbocycles. The average Bonchev–Trinajstić information content (AvgIpc) is 2.36. The smallest absolute Gasteiger partial charge is 0.294 e. The van der Waals surface area contributed by atoms with Crippen LogP contribution in [0.3, 0.4) is 0 Å². The predicted molar refractivity (Wildman–Crippen MR) is 92.4 cm³/mol. The zero-order chi connectivity index (χ0) is 17.1. The minimum Gasteiger partial charge on any atom is -0.387 e. The number of hydrogen-bond donors (Lipinski definition) is 3. The molecule has 0 heterocycles. The van der Waals surface area contributed by atoms with Gasteiger partial charge in [0, 0.05) is 25.1 Å². The van der Waals surface area contributed by atoms with Crippen molar-refractivity contribution in [1.82, 2.24) is 5.32 Å². The lowest BCUT2D eigenvalue weighted by atomic mass is 10.0. The minimum absolute atomic E-state index is 0. The summed E-state index contributed by atoms with van der Waals surface area (Å²) in [6.45, 7) is 7.27. The fraction of sp³-hybridized carbons (Fsp3) is 0.500. The first-order valence-electron chi connectivity index (χ1n) is 6.70. The lowest BCUT2D eigenvalue weighted by Gasteiger charge is -2.23. The third kappa shape index (κ3) is 6.70. The highest BCUT2D eigenvalue weighted by Crippen LogP contribution is 2.35. The summed E-state index contributed by atoms with van der Waals surface area (Å²) in [6.07, 6.45) is -0.957. The molecule has 0 saturated heterocycles. The Hall–Kier alpha value is -1.41. The third-order valence-corrected chi connectivity index (χ3v) is 3.10. The van der Waals surface area contributed by atoms with Gasteiger partial charge in [-0.05, 0) is 32.4 Å². The van der Waals surface area contributed by atoms with Crippen LogP contribution < -0.4 is 10.6 Å². The predicted octanol–water partition coefficient (Wildman–Crippen LogP) is 3.05. The van der Waals surface area contributed by atoms with Gasteiger partial charge in [-0.25, -0.2) is 0 Å². The van der Waals surface area contributed by atoms with E-state index in [0.29, 0.717) is 5.56 Å². The van der Waals surface area contributed by atoms with Crippen molar-refractivity contribution < 1.29 is 14.8 Å². The first-order valence-corrected chi connectivity index (χ1v) is 7.07. The van der Waals surface area contributed by atoms with Gasteiger partial charge < -0.3 is 15.7 Å². The van der Waals surface area contributed by atoms with Crippen molar-refractivity contribution in [3.8, 4) is 0 Å². The van der Waals surface area contributed by atoms with E-state index in [9.17, 15) is 20.0 Å². The van der Waals surface area contributed by atoms with Crippen molar-refractivity contribution in [2.75, 3.05) is 11.9 Å². The topological polar surface area (TPSA) is 104 Å². The van der Waals surface area contributed by atoms with Gasteiger partial charge >= 0.3 is 0 Å². The Morgan fingerprint density at radius 2 is 2.00 bits per heavy atom. The van der Waals surface area contributed by atoms with E-state index >= 15 is 0 Å². The number of hydrogen-bond acceptors (Lipinski definition) is 5. The largest absolute Gasteiger partial charge is 0.387 e. The van der Waals surface area contributed by atoms with Gasteiger partial charge in [0.25, 0.3) is 5.69 Å². The number of carbonyl (C=O) groups is 1. The summed E-state index contributed by atoms with van der Waals surface area (Å²) in [6, 6.07) is 2.63. The number of amides is 1. The van der Waals surface area contributed by atoms with Crippen LogP contribution in [-0.4, -0.2) is 28.0 Å². The highest BCUT2D eigenvalue weighted by molar-refractivity contribution is 6.34. The van der Waals surface area contributed by atoms with Gasteiger partial charge in [-0.15, -0.1) is 12.4 Å². The number of nitrogens with one attached hydrogen (secondary N) is 2. The van der Waals surface area contributed by atoms with Crippen LogP contribution in [0.2, 0.25) is 5.02 Å². The zero-order valence-electron chi connectivity index (χ0n) is 13.3. The summed E-state index contributed by atoms with van der Waals surface area (Å²) in [7, 11) is 0. The number of rotatable bonds is 5. The van der Waals surface area contributed by atoms with Crippen LogP contribution in [-0.2, 0) is 4.79 Å². The van der Waals surface area contributed by atoms with E-state index in [1.807, 2.05) is 20.8 Å². The van der Waals surface area contributed by atoms with Crippen LogP contribution >= 0.6 is 24.0 Å². The van der Waals surface area contributed by atoms with Crippen LogP contribution in [0.4, 0.5) is 11.4 Å². The van der Waals surface area contributed by atoms with Crippen LogP contribution in [0.15, 0.2) is 12.1 Å². The quantitative estimate of drug-likeness (QED) is 0.549. The first kappa shape index (κ1) is 21.6. The number of halogens is 2. The van der Waals surface area contributed by atoms with E-state index in [2.05, 4.69) is 10.6 Å². The van der Waals surface area contributed by atoms with Gasteiger partial charge in [0.2, 0.25) is 5.91 Å². The molecule has 1 aromatic rings. The molecule has 0 aliphatic heterocycles. The van der Waals surface area contributed by atoms with Gasteiger partial charge in [0.05, 0.1) is 16.0 Å². The van der Waals surface area contributed by atoms with Crippen LogP contribution in [0.5, 0.6) is 0 Å². The Kier molecular flexibility index (Phi) is 7.93. The normalized spacial score (nSPS) is 12.3. The van der Waals surface area contributed by atoms with Crippen LogP contribution in [0.25, 0.3) is 0 Å². The number of β-amino-alcohol motifs (C(OH)–C–C–N with tert-alkyl or cyclic N) is 1. The average molecular weight is 366 g/mol. The lowest BCUT2D eigenvalue weighted by Crippen LogP contribution is -2.38. The number of anilines is 1. The highest BCUT2D eigenvalue weighted by atomic mass is 35.5. The summed E-state index contributed by atoms with van der Waals surface area (Å²) in [5.74, 6) is -0.465. The second-order valence-corrected chi connectivity index (χ2v) is 6.39. The number of nitro benzene ring substituents is 1. The van der Waals surface area contributed by atoms with Crippen molar-refractivity contribution in [2.24, 2.45) is 0 Å². The van der Waals surface area contributed by atoms with Crippen LogP contribution in [0.1, 0.15) is 39.4 Å². The van der Waals surface area contributed by atoms with E-state index in [0.717, 1.165) is 0 Å². The SMILES string of the molecule is CC(=O)Nc1c(Cl)cc(C(O)CNC(C)(C)C)cc1[N+](=O)[O-].Cl. The van der Waals surface area contributed by atoms with Gasteiger partial charge in [-0.1, -0.05) is 11.6 Å². The Labute approximate surface area is 146 Å². The number of nitrogens with zero attached hydrogens (tertiary/aromatic N) is 1. The van der Waals surface area contributed by atoms with E-state index < -0.39 is 16.9 Å². The van der Waals surface area contributed by atoms with E-state index in [-0.39, 0.29) is 40.9 Å². The fourth-order valence-corrected chi connectivity index (χ4v) is 2.04. The van der Waals surface area contributed by atoms with Gasteiger partial charge in [0.15, 0.2) is 0 Å². The fourth-order valence-electron chi connectivity index (χ4n) is 1.77. The molecule has 9 heteroatoms. The standard InChI is InChI=1S/C14H20ClN3O4.ClH/c1-8(19)17-13-10(15)5-9(6-11(13)18(21)22)12(20)7-16-14(2,3)4;/h5-6,12,16,20H,7H2,1-4H3,(H,17,19);1H. The molecule has 1 atom stereocenters. The molecule has 1 aromatic carbocycles. The molecule has 1 rings (SSSR count). The summed E-state index contributed by atoms with van der Waals surface area (Å²) in [4.78, 5) is 21.6. The molecular weight excluding hydrogens is 345 g/mol. The van der Waals surface area contributed by atoms with Crippen molar-refractivity contribution >= 4 is 41.3 Å². The van der Waals surface area contributed by atoms with Crippen LogP contribution in [0, 0.1) is 10.1 Å². The molecule has 0 radical (unpaired) electrons. The van der Waals surface area contributed by atoms with Crippen molar-refractivity contribution in [2.45, 2.75) is 39.3 Å². The second-order valence-electron chi connectivity index (χ2n) is 5.98. The summed E-state index contributed by atoms with van der Waals surface area (Å²) in [5.41, 5.74) is -0.318. The molecule has 0 spiro atoms. The number of benzene rings is 1. The molecule has 3 N–H and O–H groups in total. The molecular formula is C14H21Cl2N3O4. The molecule has 23 heavy (non-hydrogen) atoms. The third-order valence-electron chi connectivity index (χ3n) is 2.80. The van der Waals surface area contributed by atoms with E-state index in [1.165, 1.54) is 19.1 Å². The Morgan fingerprint density at radius 3 is 2.43 bits per heavy atom. The molecule has 0 bridgehead atoms. The summed E-state index contributed by atoms with van der Waals surface area (Å²) >= 11 is 6.01. The second kappa shape index (κ2) is 8.44. The molecule has 130 valence electrons. The lowest BCUT2D eigenvalue weighted by molar-refractivity contribution is -0.384. The van der Waals surface area contributed by atoms with Gasteiger partial charge in [0.1, 0.15) is 5.69 Å². The monoisotopic (exact) mass is 365 g/mol. The molecule has 1 unspecified atom stereocenters. The van der Waals surface area contributed by atoms with Gasteiger partial charge in [-0.3, -0.25) is 14.9 Å². The number of aliphatic hydroxyl groups excluding tert-OH is 1. The molecule has 0 aliphatic rings. The molecule has 0 saturated carbocycles. The highest BCUT2D eigenvalue weighted by Gasteiger charge is 2.23. The van der Waals surface area contributed by atoms with Crippen molar-refractivity contribution in [3.63, 3.8) is 0 Å². The van der Waals surface area contributed by atoms with E-state index in [1.54, 1.807) is 0 Å². The Bertz CT molecular complexity index is 588. The Balaban J connectivity index is 0.00000484. The molecule has 7 nitrogen and oxygen atoms in total. The van der Waals surface area contributed by atoms with E-state index in [4.69, 9.17) is 11.6 Å². The first-order chi connectivity index (χ1) is 10.0. The minimum atomic E-state index is -0.957. The van der Waals surface area contributed by atoms with Crippen molar-refractivity contribution in [3.05, 3.63) is 32.8 Å². The maximum atomic E-state index is 11.1. The summed E-state index contributed by atoms with van der Waals surface area (Å²) in [5, 5.41) is 26.7. The Morgan fingerprint density at radius 1 is 1.43 bits per heavy atom. The number of aliphatic hydroxyl groups is 1. The molecule has 0 aromatic heterocycles. The zero-order valence-corrected chi connectivity index (χ0v) is 14.9. The molecule has 1 amide bonds. The van der Waals surface area contributed by atoms with Gasteiger partial charge in [-0.2, -0.15) is 0 Å². The summed E-state index contributed by atoms with van der Waals surface area (Å²) < 4.78 is 0.